The van der Waals surface area contributed by atoms with Gasteiger partial charge in [0.2, 0.25) is 11.5 Å². The van der Waals surface area contributed by atoms with Crippen LogP contribution in [-0.4, -0.2) is 22.2 Å². The molecule has 7 heteroatoms. The van der Waals surface area contributed by atoms with E-state index in [9.17, 15) is 9.59 Å². The number of furan rings is 2. The molecule has 7 nitrogen and oxygen atoms in total. The molecule has 2 heterocycles. The zero-order chi connectivity index (χ0) is 13.8. The number of carboxylic acids is 2. The van der Waals surface area contributed by atoms with Crippen molar-refractivity contribution in [2.24, 2.45) is 0 Å². The topological polar surface area (TPSA) is 113 Å². The van der Waals surface area contributed by atoms with Crippen LogP contribution in [0.4, 0.5) is 0 Å². The van der Waals surface area contributed by atoms with Gasteiger partial charge in [0.1, 0.15) is 11.5 Å². The molecular formula is C12H11NO6. The maximum atomic E-state index is 10.6. The lowest BCUT2D eigenvalue weighted by molar-refractivity contribution is 0.0651. The summed E-state index contributed by atoms with van der Waals surface area (Å²) in [7, 11) is 0. The average Bonchev–Trinajstić information content (AvgIpc) is 2.97. The quantitative estimate of drug-likeness (QED) is 0.726. The van der Waals surface area contributed by atoms with E-state index in [1.54, 1.807) is 12.1 Å². The molecule has 3 N–H and O–H groups in total. The normalized spacial score (nSPS) is 10.5. The molecule has 0 saturated heterocycles. The van der Waals surface area contributed by atoms with E-state index in [0.717, 1.165) is 0 Å². The van der Waals surface area contributed by atoms with E-state index in [4.69, 9.17) is 19.0 Å². The molecule has 0 bridgehead atoms. The molecule has 0 aliphatic rings. The minimum absolute atomic E-state index is 0.122. The van der Waals surface area contributed by atoms with Gasteiger partial charge >= 0.3 is 11.9 Å². The van der Waals surface area contributed by atoms with Gasteiger partial charge in [-0.15, -0.1) is 0 Å². The zero-order valence-corrected chi connectivity index (χ0v) is 9.75. The highest BCUT2D eigenvalue weighted by Gasteiger charge is 2.10. The van der Waals surface area contributed by atoms with E-state index in [2.05, 4.69) is 5.32 Å². The Labute approximate surface area is 107 Å². The van der Waals surface area contributed by atoms with Crippen molar-refractivity contribution < 1.29 is 28.6 Å². The molecule has 0 fully saturated rings. The molecule has 0 aliphatic carbocycles. The number of carbonyl (C=O) groups is 2. The fraction of sp³-hybridized carbons (Fsp3) is 0.167. The minimum Gasteiger partial charge on any atom is -0.475 e. The number of aromatic carboxylic acids is 2. The molecule has 0 saturated carbocycles. The molecule has 0 radical (unpaired) electrons. The predicted molar refractivity (Wildman–Crippen MR) is 61.9 cm³/mol. The van der Waals surface area contributed by atoms with Crippen molar-refractivity contribution in [3.63, 3.8) is 0 Å². The van der Waals surface area contributed by atoms with Gasteiger partial charge in [0.15, 0.2) is 0 Å². The summed E-state index contributed by atoms with van der Waals surface area (Å²) in [6.07, 6.45) is 0. The average molecular weight is 265 g/mol. The van der Waals surface area contributed by atoms with Crippen molar-refractivity contribution in [3.05, 3.63) is 47.3 Å². The highest BCUT2D eigenvalue weighted by molar-refractivity contribution is 5.84. The molecule has 19 heavy (non-hydrogen) atoms. The molecule has 0 aromatic carbocycles. The van der Waals surface area contributed by atoms with Crippen molar-refractivity contribution >= 4 is 11.9 Å². The number of nitrogens with one attached hydrogen (secondary N) is 1. The van der Waals surface area contributed by atoms with Crippen LogP contribution in [0.2, 0.25) is 0 Å². The number of hydrogen-bond donors (Lipinski definition) is 3. The van der Waals surface area contributed by atoms with Gasteiger partial charge < -0.3 is 24.4 Å². The molecule has 0 atom stereocenters. The van der Waals surface area contributed by atoms with Crippen molar-refractivity contribution in [1.29, 1.82) is 0 Å². The first-order chi connectivity index (χ1) is 9.06. The van der Waals surface area contributed by atoms with Crippen LogP contribution in [0, 0.1) is 0 Å². The molecule has 2 rings (SSSR count). The molecule has 100 valence electrons. The monoisotopic (exact) mass is 265 g/mol. The first-order valence-electron chi connectivity index (χ1n) is 5.41. The lowest BCUT2D eigenvalue weighted by Gasteiger charge is -1.99. The third-order valence-electron chi connectivity index (χ3n) is 2.34. The predicted octanol–water partition coefficient (Wildman–Crippen LogP) is 1.56. The summed E-state index contributed by atoms with van der Waals surface area (Å²) in [5.41, 5.74) is 0. The highest BCUT2D eigenvalue weighted by Crippen LogP contribution is 2.10. The summed E-state index contributed by atoms with van der Waals surface area (Å²) in [5.74, 6) is -1.54. The summed E-state index contributed by atoms with van der Waals surface area (Å²) < 4.78 is 10.1. The third-order valence-corrected chi connectivity index (χ3v) is 2.34. The second-order valence-electron chi connectivity index (χ2n) is 3.75. The molecule has 0 amide bonds. The Morgan fingerprint density at radius 1 is 0.895 bits per heavy atom. The lowest BCUT2D eigenvalue weighted by atomic mass is 10.4. The smallest absolute Gasteiger partial charge is 0.371 e. The van der Waals surface area contributed by atoms with Gasteiger partial charge in [-0.3, -0.25) is 0 Å². The summed E-state index contributed by atoms with van der Waals surface area (Å²) in [4.78, 5) is 21.2. The zero-order valence-electron chi connectivity index (χ0n) is 9.75. The Morgan fingerprint density at radius 3 is 1.63 bits per heavy atom. The van der Waals surface area contributed by atoms with Crippen LogP contribution < -0.4 is 5.32 Å². The van der Waals surface area contributed by atoms with Crippen LogP contribution in [0.15, 0.2) is 33.1 Å². The van der Waals surface area contributed by atoms with E-state index in [1.165, 1.54) is 12.1 Å². The van der Waals surface area contributed by atoms with Gasteiger partial charge in [-0.1, -0.05) is 0 Å². The molecule has 0 unspecified atom stereocenters. The largest absolute Gasteiger partial charge is 0.475 e. The Hall–Kier alpha value is -2.54. The van der Waals surface area contributed by atoms with Crippen LogP contribution in [-0.2, 0) is 13.1 Å². The van der Waals surface area contributed by atoms with E-state index in [1.807, 2.05) is 0 Å². The van der Waals surface area contributed by atoms with Crippen molar-refractivity contribution in [3.8, 4) is 0 Å². The molecular weight excluding hydrogens is 254 g/mol. The van der Waals surface area contributed by atoms with Crippen LogP contribution in [0.5, 0.6) is 0 Å². The summed E-state index contributed by atoms with van der Waals surface area (Å²) in [5, 5.41) is 20.3. The third kappa shape index (κ3) is 3.23. The van der Waals surface area contributed by atoms with E-state index >= 15 is 0 Å². The standard InChI is InChI=1S/C12H11NO6/c14-11(15)9-3-1-7(18-9)5-13-6-8-2-4-10(19-8)12(16)17/h1-4,13H,5-6H2,(H,14,15)(H,16,17). The van der Waals surface area contributed by atoms with Gasteiger partial charge in [0, 0.05) is 0 Å². The summed E-state index contributed by atoms with van der Waals surface area (Å²) in [6, 6.07) is 5.85. The van der Waals surface area contributed by atoms with Gasteiger partial charge in [-0.2, -0.15) is 0 Å². The number of hydrogen-bond acceptors (Lipinski definition) is 5. The second kappa shape index (κ2) is 5.40. The van der Waals surface area contributed by atoms with Gasteiger partial charge in [0.25, 0.3) is 0 Å². The maximum Gasteiger partial charge on any atom is 0.371 e. The van der Waals surface area contributed by atoms with E-state index < -0.39 is 11.9 Å². The Balaban J connectivity index is 1.85. The Morgan fingerprint density at radius 2 is 1.32 bits per heavy atom. The van der Waals surface area contributed by atoms with Crippen LogP contribution >= 0.6 is 0 Å². The van der Waals surface area contributed by atoms with Crippen molar-refractivity contribution in [1.82, 2.24) is 5.32 Å². The van der Waals surface area contributed by atoms with Crippen molar-refractivity contribution in [2.45, 2.75) is 13.1 Å². The fourth-order valence-electron chi connectivity index (χ4n) is 1.48. The fourth-order valence-corrected chi connectivity index (χ4v) is 1.48. The van der Waals surface area contributed by atoms with E-state index in [-0.39, 0.29) is 11.5 Å². The van der Waals surface area contributed by atoms with Crippen LogP contribution in [0.3, 0.4) is 0 Å². The number of rotatable bonds is 6. The SMILES string of the molecule is O=C(O)c1ccc(CNCc2ccc(C(=O)O)o2)o1. The van der Waals surface area contributed by atoms with Crippen molar-refractivity contribution in [2.75, 3.05) is 0 Å². The summed E-state index contributed by atoms with van der Waals surface area (Å²) in [6.45, 7) is 0.632. The van der Waals surface area contributed by atoms with Gasteiger partial charge in [-0.05, 0) is 24.3 Å². The second-order valence-corrected chi connectivity index (χ2v) is 3.75. The summed E-state index contributed by atoms with van der Waals surface area (Å²) >= 11 is 0. The molecule has 2 aromatic rings. The Bertz CT molecular complexity index is 545. The number of carboxylic acid groups (broad SMARTS) is 2. The maximum absolute atomic E-state index is 10.6. The van der Waals surface area contributed by atoms with Gasteiger partial charge in [0.05, 0.1) is 13.1 Å². The van der Waals surface area contributed by atoms with Crippen LogP contribution in [0.1, 0.15) is 32.6 Å². The van der Waals surface area contributed by atoms with E-state index in [0.29, 0.717) is 24.6 Å². The Kier molecular flexibility index (Phi) is 3.67. The first-order valence-corrected chi connectivity index (χ1v) is 5.41. The van der Waals surface area contributed by atoms with Gasteiger partial charge in [-0.25, -0.2) is 9.59 Å². The molecule has 2 aromatic heterocycles. The lowest BCUT2D eigenvalue weighted by Crippen LogP contribution is -2.11. The van der Waals surface area contributed by atoms with Crippen LogP contribution in [0.25, 0.3) is 0 Å². The minimum atomic E-state index is -1.12. The highest BCUT2D eigenvalue weighted by atomic mass is 16.4. The first kappa shape index (κ1) is 12.9. The molecule has 0 aliphatic heterocycles. The molecule has 0 spiro atoms.